The van der Waals surface area contributed by atoms with Gasteiger partial charge in [-0.05, 0) is 36.8 Å². The average Bonchev–Trinajstić information content (AvgIpc) is 2.77. The molecule has 1 aliphatic heterocycles. The Bertz CT molecular complexity index is 849. The third-order valence-corrected chi connectivity index (χ3v) is 4.99. The summed E-state index contributed by atoms with van der Waals surface area (Å²) in [6.07, 6.45) is 0. The number of nitrogens with two attached hydrogens (primary N) is 1. The van der Waals surface area contributed by atoms with Gasteiger partial charge < -0.3 is 25.6 Å². The number of hydrogen-bond donors (Lipinski definition) is 2. The number of nitrogens with zero attached hydrogens (tertiary/aromatic N) is 3. The van der Waals surface area contributed by atoms with Crippen LogP contribution < -0.4 is 20.7 Å². The fourth-order valence-corrected chi connectivity index (χ4v) is 3.42. The van der Waals surface area contributed by atoms with E-state index in [-0.39, 0.29) is 24.0 Å². The van der Waals surface area contributed by atoms with Gasteiger partial charge in [0.1, 0.15) is 5.75 Å². The van der Waals surface area contributed by atoms with Crippen molar-refractivity contribution >= 4 is 41.5 Å². The Morgan fingerprint density at radius 3 is 2.37 bits per heavy atom. The number of carbonyl (C=O) groups is 1. The minimum atomic E-state index is -0.415. The highest BCUT2D eigenvalue weighted by atomic mass is 127. The van der Waals surface area contributed by atoms with Gasteiger partial charge in [-0.1, -0.05) is 24.3 Å². The number of methoxy groups -OCH3 is 1. The Morgan fingerprint density at radius 1 is 1.10 bits per heavy atom. The van der Waals surface area contributed by atoms with E-state index in [1.807, 2.05) is 30.3 Å². The highest BCUT2D eigenvalue weighted by Gasteiger charge is 2.21. The summed E-state index contributed by atoms with van der Waals surface area (Å²) in [7, 11) is 1.71. The van der Waals surface area contributed by atoms with Crippen LogP contribution in [0, 0.1) is 0 Å². The molecular formula is C22H30IN5O2. The maximum Gasteiger partial charge on any atom is 0.248 e. The number of primary amides is 1. The van der Waals surface area contributed by atoms with Crippen LogP contribution in [-0.2, 0) is 6.54 Å². The zero-order chi connectivity index (χ0) is 20.6. The van der Waals surface area contributed by atoms with Crippen molar-refractivity contribution in [3.63, 3.8) is 0 Å². The molecule has 0 aromatic heterocycles. The van der Waals surface area contributed by atoms with E-state index in [0.29, 0.717) is 12.1 Å². The first-order valence-corrected chi connectivity index (χ1v) is 9.92. The molecule has 1 fully saturated rings. The van der Waals surface area contributed by atoms with Crippen LogP contribution in [0.25, 0.3) is 0 Å². The Hall–Kier alpha value is -2.49. The lowest BCUT2D eigenvalue weighted by atomic mass is 10.1. The second-order valence-electron chi connectivity index (χ2n) is 6.88. The molecule has 0 saturated carbocycles. The van der Waals surface area contributed by atoms with Crippen molar-refractivity contribution in [1.29, 1.82) is 0 Å². The number of rotatable bonds is 6. The zero-order valence-corrected chi connectivity index (χ0v) is 19.8. The average molecular weight is 523 g/mol. The first-order valence-electron chi connectivity index (χ1n) is 9.92. The Balaban J connectivity index is 0.00000320. The van der Waals surface area contributed by atoms with Crippen LogP contribution in [0.2, 0.25) is 0 Å². The van der Waals surface area contributed by atoms with Gasteiger partial charge in [0.25, 0.3) is 0 Å². The highest BCUT2D eigenvalue weighted by Crippen LogP contribution is 2.28. The molecule has 0 radical (unpaired) electrons. The minimum absolute atomic E-state index is 0. The Kier molecular flexibility index (Phi) is 9.22. The normalized spacial score (nSPS) is 14.1. The topological polar surface area (TPSA) is 83.2 Å². The Morgan fingerprint density at radius 2 is 1.77 bits per heavy atom. The first-order chi connectivity index (χ1) is 14.1. The number of guanidine groups is 1. The van der Waals surface area contributed by atoms with E-state index in [0.717, 1.165) is 55.7 Å². The predicted octanol–water partition coefficient (Wildman–Crippen LogP) is 2.70. The lowest BCUT2D eigenvalue weighted by Gasteiger charge is -2.38. The fourth-order valence-electron chi connectivity index (χ4n) is 3.42. The largest absolute Gasteiger partial charge is 0.495 e. The Labute approximate surface area is 195 Å². The molecule has 7 nitrogen and oxygen atoms in total. The summed E-state index contributed by atoms with van der Waals surface area (Å²) in [6, 6.07) is 15.4. The van der Waals surface area contributed by atoms with E-state index in [2.05, 4.69) is 28.1 Å². The molecule has 30 heavy (non-hydrogen) atoms. The molecule has 0 atom stereocenters. The van der Waals surface area contributed by atoms with Crippen LogP contribution in [0.5, 0.6) is 5.75 Å². The molecule has 1 amide bonds. The van der Waals surface area contributed by atoms with Crippen molar-refractivity contribution in [2.24, 2.45) is 10.7 Å². The van der Waals surface area contributed by atoms with E-state index in [9.17, 15) is 4.79 Å². The zero-order valence-electron chi connectivity index (χ0n) is 17.5. The van der Waals surface area contributed by atoms with Crippen molar-refractivity contribution in [3.05, 3.63) is 59.7 Å². The molecule has 2 aromatic carbocycles. The van der Waals surface area contributed by atoms with Gasteiger partial charge >= 0.3 is 0 Å². The van der Waals surface area contributed by atoms with E-state index in [4.69, 9.17) is 15.5 Å². The number of piperazine rings is 1. The molecule has 0 spiro atoms. The third-order valence-electron chi connectivity index (χ3n) is 4.99. The number of aliphatic imine (C=N–C) groups is 1. The van der Waals surface area contributed by atoms with Gasteiger partial charge in [0, 0.05) is 38.3 Å². The third kappa shape index (κ3) is 6.01. The summed E-state index contributed by atoms with van der Waals surface area (Å²) >= 11 is 0. The van der Waals surface area contributed by atoms with Gasteiger partial charge in [-0.3, -0.25) is 4.79 Å². The minimum Gasteiger partial charge on any atom is -0.495 e. The van der Waals surface area contributed by atoms with E-state index in [1.54, 1.807) is 19.2 Å². The van der Waals surface area contributed by atoms with Crippen LogP contribution in [-0.4, -0.2) is 56.6 Å². The maximum atomic E-state index is 11.2. The van der Waals surface area contributed by atoms with Crippen molar-refractivity contribution in [2.75, 3.05) is 44.7 Å². The molecule has 8 heteroatoms. The molecular weight excluding hydrogens is 493 g/mol. The van der Waals surface area contributed by atoms with Crippen molar-refractivity contribution in [3.8, 4) is 5.75 Å². The summed E-state index contributed by atoms with van der Waals surface area (Å²) in [5, 5.41) is 3.39. The first kappa shape index (κ1) is 23.8. The SMILES string of the molecule is CCNC(=NCc1ccc(C(N)=O)cc1)N1CCN(c2ccccc2OC)CC1.I. The molecule has 0 bridgehead atoms. The van der Waals surface area contributed by atoms with Crippen molar-refractivity contribution in [1.82, 2.24) is 10.2 Å². The number of carbonyl (C=O) groups excluding carboxylic acids is 1. The number of hydrogen-bond acceptors (Lipinski definition) is 4. The second-order valence-corrected chi connectivity index (χ2v) is 6.88. The lowest BCUT2D eigenvalue weighted by molar-refractivity contribution is 0.100. The number of para-hydroxylation sites is 2. The van der Waals surface area contributed by atoms with Gasteiger partial charge in [-0.15, -0.1) is 24.0 Å². The highest BCUT2D eigenvalue weighted by molar-refractivity contribution is 14.0. The summed E-state index contributed by atoms with van der Waals surface area (Å²) < 4.78 is 5.50. The maximum absolute atomic E-state index is 11.2. The number of nitrogens with one attached hydrogen (secondary N) is 1. The molecule has 162 valence electrons. The monoisotopic (exact) mass is 523 g/mol. The van der Waals surface area contributed by atoms with Crippen LogP contribution in [0.1, 0.15) is 22.8 Å². The number of halogens is 1. The van der Waals surface area contributed by atoms with E-state index >= 15 is 0 Å². The molecule has 1 heterocycles. The fraction of sp³-hybridized carbons (Fsp3) is 0.364. The second kappa shape index (κ2) is 11.6. The lowest BCUT2D eigenvalue weighted by Crippen LogP contribution is -2.52. The van der Waals surface area contributed by atoms with Crippen LogP contribution >= 0.6 is 24.0 Å². The molecule has 0 aliphatic carbocycles. The number of ether oxygens (including phenoxy) is 1. The van der Waals surface area contributed by atoms with E-state index < -0.39 is 5.91 Å². The van der Waals surface area contributed by atoms with Gasteiger partial charge in [-0.25, -0.2) is 4.99 Å². The summed E-state index contributed by atoms with van der Waals surface area (Å²) in [5.74, 6) is 1.40. The van der Waals surface area contributed by atoms with Gasteiger partial charge in [0.15, 0.2) is 5.96 Å². The van der Waals surface area contributed by atoms with Crippen LogP contribution in [0.4, 0.5) is 5.69 Å². The van der Waals surface area contributed by atoms with E-state index in [1.165, 1.54) is 0 Å². The summed E-state index contributed by atoms with van der Waals surface area (Å²) in [4.78, 5) is 20.6. The quantitative estimate of drug-likeness (QED) is 0.346. The summed E-state index contributed by atoms with van der Waals surface area (Å²) in [5.41, 5.74) is 7.98. The standard InChI is InChI=1S/C22H29N5O2.HI/c1-3-24-22(25-16-17-8-10-18(11-9-17)21(23)28)27-14-12-26(13-15-27)19-6-4-5-7-20(19)29-2;/h4-11H,3,12-16H2,1-2H3,(H2,23,28)(H,24,25);1H. The van der Waals surface area contributed by atoms with Gasteiger partial charge in [0.2, 0.25) is 5.91 Å². The van der Waals surface area contributed by atoms with Crippen LogP contribution in [0.3, 0.4) is 0 Å². The molecule has 1 saturated heterocycles. The summed E-state index contributed by atoms with van der Waals surface area (Å²) in [6.45, 7) is 6.99. The molecule has 0 unspecified atom stereocenters. The van der Waals surface area contributed by atoms with Gasteiger partial charge in [0.05, 0.1) is 19.3 Å². The molecule has 3 rings (SSSR count). The number of benzene rings is 2. The molecule has 1 aliphatic rings. The van der Waals surface area contributed by atoms with Gasteiger partial charge in [-0.2, -0.15) is 0 Å². The van der Waals surface area contributed by atoms with Crippen LogP contribution in [0.15, 0.2) is 53.5 Å². The molecule has 3 N–H and O–H groups in total. The van der Waals surface area contributed by atoms with Crippen molar-refractivity contribution < 1.29 is 9.53 Å². The molecule has 2 aromatic rings. The smallest absolute Gasteiger partial charge is 0.248 e. The number of amides is 1. The van der Waals surface area contributed by atoms with Crippen molar-refractivity contribution in [2.45, 2.75) is 13.5 Å². The number of anilines is 1. The predicted molar refractivity (Wildman–Crippen MR) is 132 cm³/mol.